The lowest BCUT2D eigenvalue weighted by Gasteiger charge is -2.23. The van der Waals surface area contributed by atoms with Crippen LogP contribution in [0.25, 0.3) is 0 Å². The van der Waals surface area contributed by atoms with Crippen LogP contribution in [0.3, 0.4) is 0 Å². The van der Waals surface area contributed by atoms with Gasteiger partial charge in [0.2, 0.25) is 5.91 Å². The SMILES string of the molecule is CC1(C)[C@H](C(=O)O)[C@@H]1C(=O)N1c2ccccc2C[C@@H]1C(=O)O. The molecule has 1 aliphatic heterocycles. The number of rotatable bonds is 3. The number of carboxylic acid groups (broad SMARTS) is 2. The summed E-state index contributed by atoms with van der Waals surface area (Å²) in [5, 5.41) is 18.6. The van der Waals surface area contributed by atoms with Gasteiger partial charge in [-0.2, -0.15) is 0 Å². The van der Waals surface area contributed by atoms with E-state index in [9.17, 15) is 24.6 Å². The van der Waals surface area contributed by atoms with Crippen LogP contribution in [0, 0.1) is 17.3 Å². The summed E-state index contributed by atoms with van der Waals surface area (Å²) in [6.07, 6.45) is 0.252. The van der Waals surface area contributed by atoms with Crippen LogP contribution in [0.1, 0.15) is 19.4 Å². The summed E-state index contributed by atoms with van der Waals surface area (Å²) >= 11 is 0. The van der Waals surface area contributed by atoms with E-state index < -0.39 is 41.1 Å². The van der Waals surface area contributed by atoms with Crippen LogP contribution in [0.5, 0.6) is 0 Å². The molecule has 6 heteroatoms. The van der Waals surface area contributed by atoms with Gasteiger partial charge in [0.15, 0.2) is 0 Å². The van der Waals surface area contributed by atoms with Crippen molar-refractivity contribution in [3.05, 3.63) is 29.8 Å². The van der Waals surface area contributed by atoms with Crippen LogP contribution in [0.4, 0.5) is 5.69 Å². The van der Waals surface area contributed by atoms with E-state index in [1.54, 1.807) is 38.1 Å². The number of carbonyl (C=O) groups excluding carboxylic acids is 1. The Morgan fingerprint density at radius 1 is 1.09 bits per heavy atom. The van der Waals surface area contributed by atoms with Gasteiger partial charge in [0.05, 0.1) is 11.8 Å². The van der Waals surface area contributed by atoms with Crippen molar-refractivity contribution in [1.82, 2.24) is 0 Å². The molecule has 1 aliphatic carbocycles. The standard InChI is InChI=1S/C16H17NO5/c1-16(2)11(12(16)15(21)22)13(18)17-9-6-4-3-5-8(9)7-10(17)14(19)20/h3-6,10-12H,7H2,1-2H3,(H,19,20)(H,21,22)/t10-,11-,12+/m1/s1. The molecule has 1 heterocycles. The van der Waals surface area contributed by atoms with Crippen molar-refractivity contribution < 1.29 is 24.6 Å². The number of carbonyl (C=O) groups is 3. The molecule has 0 aromatic heterocycles. The van der Waals surface area contributed by atoms with Crippen molar-refractivity contribution in [2.45, 2.75) is 26.3 Å². The Hall–Kier alpha value is -2.37. The zero-order valence-corrected chi connectivity index (χ0v) is 12.3. The van der Waals surface area contributed by atoms with E-state index in [1.165, 1.54) is 4.90 Å². The van der Waals surface area contributed by atoms with Crippen molar-refractivity contribution >= 4 is 23.5 Å². The minimum Gasteiger partial charge on any atom is -0.481 e. The lowest BCUT2D eigenvalue weighted by Crippen LogP contribution is -2.44. The van der Waals surface area contributed by atoms with Crippen LogP contribution in [-0.4, -0.2) is 34.1 Å². The molecule has 6 nitrogen and oxygen atoms in total. The highest BCUT2D eigenvalue weighted by molar-refractivity contribution is 6.06. The van der Waals surface area contributed by atoms with Gasteiger partial charge in [-0.3, -0.25) is 14.5 Å². The van der Waals surface area contributed by atoms with Gasteiger partial charge >= 0.3 is 11.9 Å². The van der Waals surface area contributed by atoms with Gasteiger partial charge in [-0.15, -0.1) is 0 Å². The first-order chi connectivity index (χ1) is 10.3. The van der Waals surface area contributed by atoms with Crippen LogP contribution in [-0.2, 0) is 20.8 Å². The van der Waals surface area contributed by atoms with E-state index >= 15 is 0 Å². The summed E-state index contributed by atoms with van der Waals surface area (Å²) in [5.41, 5.74) is 0.726. The molecule has 2 N–H and O–H groups in total. The molecule has 1 saturated carbocycles. The molecular weight excluding hydrogens is 286 g/mol. The first-order valence-electron chi connectivity index (χ1n) is 7.13. The topological polar surface area (TPSA) is 94.9 Å². The molecule has 1 amide bonds. The number of carboxylic acids is 2. The zero-order chi connectivity index (χ0) is 16.2. The van der Waals surface area contributed by atoms with Crippen LogP contribution < -0.4 is 4.90 Å². The first-order valence-corrected chi connectivity index (χ1v) is 7.13. The third kappa shape index (κ3) is 1.90. The van der Waals surface area contributed by atoms with Gasteiger partial charge in [0.25, 0.3) is 0 Å². The van der Waals surface area contributed by atoms with Crippen molar-refractivity contribution in [1.29, 1.82) is 0 Å². The summed E-state index contributed by atoms with van der Waals surface area (Å²) < 4.78 is 0. The molecule has 3 rings (SSSR count). The fraction of sp³-hybridized carbons (Fsp3) is 0.438. The van der Waals surface area contributed by atoms with Gasteiger partial charge in [-0.05, 0) is 17.0 Å². The fourth-order valence-corrected chi connectivity index (χ4v) is 3.57. The summed E-state index contributed by atoms with van der Waals surface area (Å²) in [6.45, 7) is 3.46. The van der Waals surface area contributed by atoms with Gasteiger partial charge in [-0.25, -0.2) is 4.79 Å². The van der Waals surface area contributed by atoms with Crippen molar-refractivity contribution in [2.75, 3.05) is 4.90 Å². The van der Waals surface area contributed by atoms with Crippen LogP contribution >= 0.6 is 0 Å². The molecule has 1 aromatic carbocycles. The minimum absolute atomic E-state index is 0.252. The van der Waals surface area contributed by atoms with Crippen molar-refractivity contribution in [3.63, 3.8) is 0 Å². The molecule has 116 valence electrons. The quantitative estimate of drug-likeness (QED) is 0.879. The highest BCUT2D eigenvalue weighted by Gasteiger charge is 2.67. The summed E-state index contributed by atoms with van der Waals surface area (Å²) in [7, 11) is 0. The lowest BCUT2D eigenvalue weighted by molar-refractivity contribution is -0.140. The first kappa shape index (κ1) is 14.6. The maximum absolute atomic E-state index is 12.8. The summed E-state index contributed by atoms with van der Waals surface area (Å²) in [4.78, 5) is 36.9. The molecule has 0 spiro atoms. The second kappa shape index (κ2) is 4.56. The molecule has 0 saturated heterocycles. The summed E-state index contributed by atoms with van der Waals surface area (Å²) in [6, 6.07) is 6.09. The van der Waals surface area contributed by atoms with Crippen LogP contribution in [0.15, 0.2) is 24.3 Å². The van der Waals surface area contributed by atoms with Gasteiger partial charge < -0.3 is 10.2 Å². The normalized spacial score (nSPS) is 28.1. The number of benzene rings is 1. The van der Waals surface area contributed by atoms with Gasteiger partial charge in [0.1, 0.15) is 6.04 Å². The maximum atomic E-state index is 12.8. The van der Waals surface area contributed by atoms with E-state index in [2.05, 4.69) is 0 Å². The van der Waals surface area contributed by atoms with E-state index in [4.69, 9.17) is 0 Å². The fourth-order valence-electron chi connectivity index (χ4n) is 3.57. The lowest BCUT2D eigenvalue weighted by atomic mass is 10.1. The molecule has 22 heavy (non-hydrogen) atoms. The Labute approximate surface area is 127 Å². The third-order valence-electron chi connectivity index (χ3n) is 4.86. The number of nitrogens with zero attached hydrogens (tertiary/aromatic N) is 1. The molecule has 0 bridgehead atoms. The Morgan fingerprint density at radius 2 is 1.73 bits per heavy atom. The number of para-hydroxylation sites is 1. The molecule has 1 fully saturated rings. The summed E-state index contributed by atoms with van der Waals surface area (Å²) in [5.74, 6) is -3.94. The van der Waals surface area contributed by atoms with E-state index in [0.29, 0.717) is 5.69 Å². The largest absolute Gasteiger partial charge is 0.481 e. The number of anilines is 1. The molecule has 3 atom stereocenters. The zero-order valence-electron chi connectivity index (χ0n) is 12.3. The number of amides is 1. The molecule has 1 aromatic rings. The maximum Gasteiger partial charge on any atom is 0.327 e. The Morgan fingerprint density at radius 3 is 2.27 bits per heavy atom. The monoisotopic (exact) mass is 303 g/mol. The number of fused-ring (bicyclic) bond motifs is 1. The average molecular weight is 303 g/mol. The van der Waals surface area contributed by atoms with Crippen molar-refractivity contribution in [2.24, 2.45) is 17.3 Å². The number of aliphatic carboxylic acids is 2. The molecule has 2 aliphatic rings. The number of hydrogen-bond acceptors (Lipinski definition) is 3. The highest BCUT2D eigenvalue weighted by Crippen LogP contribution is 2.59. The van der Waals surface area contributed by atoms with Gasteiger partial charge in [0, 0.05) is 12.1 Å². The Bertz CT molecular complexity index is 681. The Balaban J connectivity index is 1.97. The predicted molar refractivity (Wildman–Crippen MR) is 77.5 cm³/mol. The smallest absolute Gasteiger partial charge is 0.327 e. The highest BCUT2D eigenvalue weighted by atomic mass is 16.4. The van der Waals surface area contributed by atoms with Crippen LogP contribution in [0.2, 0.25) is 0 Å². The molecule has 0 unspecified atom stereocenters. The second-order valence-corrected chi connectivity index (χ2v) is 6.51. The third-order valence-corrected chi connectivity index (χ3v) is 4.86. The van der Waals surface area contributed by atoms with Gasteiger partial charge in [-0.1, -0.05) is 32.0 Å². The Kier molecular flexibility index (Phi) is 3.02. The van der Waals surface area contributed by atoms with Crippen molar-refractivity contribution in [3.8, 4) is 0 Å². The molecule has 0 radical (unpaired) electrons. The number of hydrogen-bond donors (Lipinski definition) is 2. The van der Waals surface area contributed by atoms with E-state index in [0.717, 1.165) is 5.56 Å². The second-order valence-electron chi connectivity index (χ2n) is 6.51. The van der Waals surface area contributed by atoms with E-state index in [1.807, 2.05) is 0 Å². The minimum atomic E-state index is -1.07. The average Bonchev–Trinajstić information content (AvgIpc) is 2.84. The molecular formula is C16H17NO5. The predicted octanol–water partition coefficient (Wildman–Crippen LogP) is 1.39. The van der Waals surface area contributed by atoms with E-state index in [-0.39, 0.29) is 6.42 Å².